The number of nitrogens with two attached hydrogens (primary N) is 1. The zero-order valence-corrected chi connectivity index (χ0v) is 7.49. The first-order valence-electron chi connectivity index (χ1n) is 3.96. The smallest absolute Gasteiger partial charge is 0.396 e. The fourth-order valence-corrected chi connectivity index (χ4v) is 0.733. The van der Waals surface area contributed by atoms with Gasteiger partial charge in [0.05, 0.1) is 24.6 Å². The molecule has 1 atom stereocenters. The molecule has 0 aromatic carbocycles. The Labute approximate surface area is 83.1 Å². The van der Waals surface area contributed by atoms with Crippen LogP contribution in [0.5, 0.6) is 0 Å². The van der Waals surface area contributed by atoms with Crippen molar-refractivity contribution in [2.75, 3.05) is 17.6 Å². The lowest BCUT2D eigenvalue weighted by atomic mass is 10.3. The van der Waals surface area contributed by atoms with E-state index in [1.54, 1.807) is 0 Å². The molecule has 1 aromatic rings. The fraction of sp³-hybridized carbons (Fsp3) is 0.429. The van der Waals surface area contributed by atoms with Crippen molar-refractivity contribution in [1.82, 2.24) is 9.97 Å². The second-order valence-corrected chi connectivity index (χ2v) is 2.78. The van der Waals surface area contributed by atoms with Gasteiger partial charge in [-0.2, -0.15) is 13.2 Å². The lowest BCUT2D eigenvalue weighted by Gasteiger charge is -2.14. The third-order valence-electron chi connectivity index (χ3n) is 1.50. The van der Waals surface area contributed by atoms with Gasteiger partial charge in [0.2, 0.25) is 5.95 Å². The number of nitrogen functional groups attached to an aromatic ring is 1. The number of halogens is 3. The second kappa shape index (κ2) is 4.30. The average molecular weight is 222 g/mol. The van der Waals surface area contributed by atoms with E-state index < -0.39 is 18.8 Å². The molecular weight excluding hydrogens is 213 g/mol. The van der Waals surface area contributed by atoms with Crippen LogP contribution in [0.15, 0.2) is 12.4 Å². The molecular formula is C7H9F3N4O. The number of hydrogen-bond donors (Lipinski definition) is 3. The maximum atomic E-state index is 11.9. The largest absolute Gasteiger partial charge is 0.416 e. The van der Waals surface area contributed by atoms with E-state index in [2.05, 4.69) is 15.3 Å². The molecule has 0 aliphatic carbocycles. The van der Waals surface area contributed by atoms with E-state index in [1.165, 1.54) is 12.4 Å². The summed E-state index contributed by atoms with van der Waals surface area (Å²) in [5.41, 5.74) is 5.57. The molecule has 15 heavy (non-hydrogen) atoms. The highest BCUT2D eigenvalue weighted by molar-refractivity contribution is 5.35. The zero-order chi connectivity index (χ0) is 11.5. The molecule has 5 nitrogen and oxygen atoms in total. The minimum absolute atomic E-state index is 0.0208. The summed E-state index contributed by atoms with van der Waals surface area (Å²) in [6, 6.07) is 0. The van der Waals surface area contributed by atoms with Gasteiger partial charge in [-0.25, -0.2) is 9.97 Å². The lowest BCUT2D eigenvalue weighted by molar-refractivity contribution is -0.198. The molecule has 0 saturated carbocycles. The molecule has 4 N–H and O–H groups in total. The molecule has 8 heteroatoms. The van der Waals surface area contributed by atoms with Gasteiger partial charge in [-0.1, -0.05) is 0 Å². The van der Waals surface area contributed by atoms with E-state index in [0.29, 0.717) is 5.69 Å². The molecule has 1 rings (SSSR count). The number of aliphatic hydroxyl groups excluding tert-OH is 1. The van der Waals surface area contributed by atoms with Crippen LogP contribution in [-0.4, -0.2) is 33.9 Å². The van der Waals surface area contributed by atoms with Crippen LogP contribution < -0.4 is 11.1 Å². The molecule has 0 saturated heterocycles. The summed E-state index contributed by atoms with van der Waals surface area (Å²) < 4.78 is 35.6. The molecule has 0 aliphatic rings. The maximum absolute atomic E-state index is 11.9. The van der Waals surface area contributed by atoms with Crippen LogP contribution in [-0.2, 0) is 0 Å². The van der Waals surface area contributed by atoms with Crippen molar-refractivity contribution in [2.24, 2.45) is 0 Å². The van der Waals surface area contributed by atoms with Gasteiger partial charge in [0.1, 0.15) is 0 Å². The van der Waals surface area contributed by atoms with E-state index in [9.17, 15) is 13.2 Å². The Balaban J connectivity index is 2.47. The summed E-state index contributed by atoms with van der Waals surface area (Å²) >= 11 is 0. The average Bonchev–Trinajstić information content (AvgIpc) is 2.15. The Hall–Kier alpha value is -1.57. The monoisotopic (exact) mass is 222 g/mol. The van der Waals surface area contributed by atoms with Crippen molar-refractivity contribution in [3.63, 3.8) is 0 Å². The Morgan fingerprint density at radius 1 is 1.40 bits per heavy atom. The molecule has 0 amide bonds. The highest BCUT2D eigenvalue weighted by atomic mass is 19.4. The SMILES string of the molecule is Nc1cnc(NCC(O)C(F)(F)F)nc1. The first-order chi connectivity index (χ1) is 6.89. The molecule has 0 radical (unpaired) electrons. The molecule has 1 aromatic heterocycles. The summed E-state index contributed by atoms with van der Waals surface area (Å²) in [4.78, 5) is 7.21. The van der Waals surface area contributed by atoms with E-state index >= 15 is 0 Å². The van der Waals surface area contributed by atoms with E-state index in [4.69, 9.17) is 10.8 Å². The predicted octanol–water partition coefficient (Wildman–Crippen LogP) is 0.394. The van der Waals surface area contributed by atoms with Crippen molar-refractivity contribution in [2.45, 2.75) is 12.3 Å². The number of rotatable bonds is 3. The Bertz CT molecular complexity index is 313. The predicted molar refractivity (Wildman–Crippen MR) is 47.0 cm³/mol. The van der Waals surface area contributed by atoms with Crippen LogP contribution in [0.4, 0.5) is 24.8 Å². The van der Waals surface area contributed by atoms with Crippen molar-refractivity contribution in [1.29, 1.82) is 0 Å². The van der Waals surface area contributed by atoms with Crippen molar-refractivity contribution < 1.29 is 18.3 Å². The molecule has 0 aliphatic heterocycles. The van der Waals surface area contributed by atoms with E-state index in [1.807, 2.05) is 0 Å². The zero-order valence-electron chi connectivity index (χ0n) is 7.49. The molecule has 0 fully saturated rings. The van der Waals surface area contributed by atoms with Gasteiger partial charge < -0.3 is 16.2 Å². The molecule has 0 bridgehead atoms. The van der Waals surface area contributed by atoms with Gasteiger partial charge in [0.15, 0.2) is 6.10 Å². The van der Waals surface area contributed by atoms with Gasteiger partial charge in [0.25, 0.3) is 0 Å². The maximum Gasteiger partial charge on any atom is 0.416 e. The summed E-state index contributed by atoms with van der Waals surface area (Å²) in [7, 11) is 0. The number of nitrogens with zero attached hydrogens (tertiary/aromatic N) is 2. The summed E-state index contributed by atoms with van der Waals surface area (Å²) in [6.45, 7) is -0.701. The molecule has 0 spiro atoms. The molecule has 1 unspecified atom stereocenters. The Morgan fingerprint density at radius 2 is 1.93 bits per heavy atom. The summed E-state index contributed by atoms with van der Waals surface area (Å²) in [5, 5.41) is 10.9. The van der Waals surface area contributed by atoms with E-state index in [-0.39, 0.29) is 5.95 Å². The number of hydrogen-bond acceptors (Lipinski definition) is 5. The van der Waals surface area contributed by atoms with Gasteiger partial charge in [-0.3, -0.25) is 0 Å². The minimum Gasteiger partial charge on any atom is -0.396 e. The number of aromatic nitrogens is 2. The third-order valence-corrected chi connectivity index (χ3v) is 1.50. The van der Waals surface area contributed by atoms with Crippen LogP contribution in [0.2, 0.25) is 0 Å². The number of anilines is 2. The number of aliphatic hydroxyl groups is 1. The highest BCUT2D eigenvalue weighted by Crippen LogP contribution is 2.19. The van der Waals surface area contributed by atoms with Crippen LogP contribution in [0.3, 0.4) is 0 Å². The van der Waals surface area contributed by atoms with Crippen LogP contribution >= 0.6 is 0 Å². The Kier molecular flexibility index (Phi) is 3.30. The van der Waals surface area contributed by atoms with Gasteiger partial charge in [-0.15, -0.1) is 0 Å². The van der Waals surface area contributed by atoms with Crippen LogP contribution in [0.1, 0.15) is 0 Å². The van der Waals surface area contributed by atoms with Crippen molar-refractivity contribution in [3.05, 3.63) is 12.4 Å². The molecule has 84 valence electrons. The minimum atomic E-state index is -4.65. The lowest BCUT2D eigenvalue weighted by Crippen LogP contribution is -2.35. The normalized spacial score (nSPS) is 13.6. The standard InChI is InChI=1S/C7H9F3N4O/c8-7(9,10)5(15)3-14-6-12-1-4(11)2-13-6/h1-2,5,15H,3,11H2,(H,12,13,14). The summed E-state index contributed by atoms with van der Waals surface area (Å²) in [6.07, 6.45) is -4.61. The fourth-order valence-electron chi connectivity index (χ4n) is 0.733. The van der Waals surface area contributed by atoms with Gasteiger partial charge >= 0.3 is 6.18 Å². The number of nitrogens with one attached hydrogen (secondary N) is 1. The topological polar surface area (TPSA) is 84.1 Å². The number of alkyl halides is 3. The van der Waals surface area contributed by atoms with Gasteiger partial charge in [0, 0.05) is 0 Å². The first kappa shape index (κ1) is 11.5. The van der Waals surface area contributed by atoms with Crippen LogP contribution in [0, 0.1) is 0 Å². The quantitative estimate of drug-likeness (QED) is 0.689. The highest BCUT2D eigenvalue weighted by Gasteiger charge is 2.37. The molecule has 1 heterocycles. The third kappa shape index (κ3) is 3.58. The van der Waals surface area contributed by atoms with Crippen molar-refractivity contribution in [3.8, 4) is 0 Å². The second-order valence-electron chi connectivity index (χ2n) is 2.78. The Morgan fingerprint density at radius 3 is 2.40 bits per heavy atom. The first-order valence-corrected chi connectivity index (χ1v) is 3.96. The summed E-state index contributed by atoms with van der Waals surface area (Å²) in [5.74, 6) is -0.0208. The van der Waals surface area contributed by atoms with E-state index in [0.717, 1.165) is 0 Å². The van der Waals surface area contributed by atoms with Crippen molar-refractivity contribution >= 4 is 11.6 Å². The van der Waals surface area contributed by atoms with Crippen LogP contribution in [0.25, 0.3) is 0 Å². The van der Waals surface area contributed by atoms with Gasteiger partial charge in [-0.05, 0) is 0 Å².